The van der Waals surface area contributed by atoms with E-state index in [1.807, 2.05) is 0 Å². The van der Waals surface area contributed by atoms with Gasteiger partial charge in [0, 0.05) is 5.56 Å². The van der Waals surface area contributed by atoms with Gasteiger partial charge in [0.05, 0.1) is 10.9 Å². The highest BCUT2D eigenvalue weighted by Crippen LogP contribution is 2.37. The summed E-state index contributed by atoms with van der Waals surface area (Å²) in [5.41, 5.74) is 0.274. The van der Waals surface area contributed by atoms with Crippen LogP contribution in [0.2, 0.25) is 0 Å². The maximum absolute atomic E-state index is 13.9. The molecular weight excluding hydrogens is 266 g/mol. The van der Waals surface area contributed by atoms with Crippen molar-refractivity contribution < 1.29 is 18.1 Å². The smallest absolute Gasteiger partial charge is 0.242 e. The largest absolute Gasteiger partial charge is 0.354 e. The molecule has 0 bridgehead atoms. The van der Waals surface area contributed by atoms with E-state index in [4.69, 9.17) is 4.52 Å². The Morgan fingerprint density at radius 1 is 1.10 bits per heavy atom. The van der Waals surface area contributed by atoms with Crippen LogP contribution in [0.4, 0.5) is 14.6 Å². The number of aromatic nitrogens is 1. The van der Waals surface area contributed by atoms with Gasteiger partial charge in [-0.25, -0.2) is 13.6 Å². The summed E-state index contributed by atoms with van der Waals surface area (Å²) < 4.78 is 32.8. The zero-order valence-electron chi connectivity index (χ0n) is 9.93. The van der Waals surface area contributed by atoms with Gasteiger partial charge in [-0.05, 0) is 18.2 Å². The van der Waals surface area contributed by atoms with Gasteiger partial charge in [0.1, 0.15) is 11.6 Å². The summed E-state index contributed by atoms with van der Waals surface area (Å²) in [5.74, 6) is -1.51. The van der Waals surface area contributed by atoms with Crippen molar-refractivity contribution in [3.8, 4) is 11.1 Å². The lowest BCUT2D eigenvalue weighted by molar-refractivity contribution is 0.458. The Bertz CT molecular complexity index is 831. The van der Waals surface area contributed by atoms with Crippen molar-refractivity contribution in [2.45, 2.75) is 0 Å². The number of hydrogen-bond donors (Lipinski definition) is 0. The average molecular weight is 272 g/mol. The molecule has 3 aromatic rings. The molecule has 0 amide bonds. The van der Waals surface area contributed by atoms with E-state index in [9.17, 15) is 13.6 Å². The highest BCUT2D eigenvalue weighted by Gasteiger charge is 2.18. The summed E-state index contributed by atoms with van der Waals surface area (Å²) in [6, 6.07) is 8.20. The molecule has 0 aliphatic heterocycles. The van der Waals surface area contributed by atoms with Crippen LogP contribution in [0.1, 0.15) is 0 Å². The fourth-order valence-corrected chi connectivity index (χ4v) is 2.06. The predicted octanol–water partition coefficient (Wildman–Crippen LogP) is 3.74. The minimum absolute atomic E-state index is 0.0618. The molecule has 0 radical (unpaired) electrons. The lowest BCUT2D eigenvalue weighted by Crippen LogP contribution is -1.90. The van der Waals surface area contributed by atoms with Gasteiger partial charge >= 0.3 is 0 Å². The van der Waals surface area contributed by atoms with E-state index in [-0.39, 0.29) is 27.9 Å². The quantitative estimate of drug-likeness (QED) is 0.527. The van der Waals surface area contributed by atoms with Crippen LogP contribution in [0.3, 0.4) is 0 Å². The van der Waals surface area contributed by atoms with Crippen LogP contribution in [0, 0.1) is 11.6 Å². The zero-order chi connectivity index (χ0) is 14.1. The van der Waals surface area contributed by atoms with E-state index < -0.39 is 11.6 Å². The molecule has 6 heteroatoms. The molecule has 3 rings (SSSR count). The number of aliphatic imine (C=N–C) groups is 1. The normalized spacial score (nSPS) is 10.5. The summed E-state index contributed by atoms with van der Waals surface area (Å²) in [5, 5.41) is 3.85. The number of benzene rings is 2. The lowest BCUT2D eigenvalue weighted by Gasteiger charge is -2.05. The second kappa shape index (κ2) is 4.68. The summed E-state index contributed by atoms with van der Waals surface area (Å²) in [4.78, 5) is 13.8. The molecule has 98 valence electrons. The van der Waals surface area contributed by atoms with Crippen LogP contribution in [0.5, 0.6) is 0 Å². The second-order valence-electron chi connectivity index (χ2n) is 3.98. The molecule has 0 fully saturated rings. The summed E-state index contributed by atoms with van der Waals surface area (Å²) in [6.07, 6.45) is 1.34. The van der Waals surface area contributed by atoms with E-state index in [1.165, 1.54) is 18.2 Å². The highest BCUT2D eigenvalue weighted by molar-refractivity contribution is 6.00. The minimum atomic E-state index is -0.722. The van der Waals surface area contributed by atoms with Crippen LogP contribution in [0.25, 0.3) is 22.1 Å². The lowest BCUT2D eigenvalue weighted by atomic mass is 10.0. The molecule has 1 heterocycles. The third-order valence-corrected chi connectivity index (χ3v) is 2.86. The van der Waals surface area contributed by atoms with Crippen molar-refractivity contribution in [1.29, 1.82) is 0 Å². The maximum Gasteiger partial charge on any atom is 0.242 e. The topological polar surface area (TPSA) is 55.5 Å². The van der Waals surface area contributed by atoms with Gasteiger partial charge in [0.25, 0.3) is 0 Å². The van der Waals surface area contributed by atoms with Crippen molar-refractivity contribution in [1.82, 2.24) is 5.16 Å². The molecule has 0 N–H and O–H groups in total. The van der Waals surface area contributed by atoms with E-state index >= 15 is 0 Å². The first kappa shape index (κ1) is 12.2. The monoisotopic (exact) mass is 272 g/mol. The first-order valence-electron chi connectivity index (χ1n) is 5.63. The standard InChI is InChI=1S/C14H6F2N2O2/c15-9-4-2-5-10(16)12(9)8-3-1-6-11-13(8)14(17-7-19)18-20-11/h1-6H. The van der Waals surface area contributed by atoms with Crippen LogP contribution in [0.15, 0.2) is 45.9 Å². The number of hydrogen-bond acceptors (Lipinski definition) is 4. The van der Waals surface area contributed by atoms with Crippen LogP contribution in [-0.2, 0) is 4.79 Å². The molecule has 0 atom stereocenters. The molecule has 4 nitrogen and oxygen atoms in total. The Morgan fingerprint density at radius 3 is 2.50 bits per heavy atom. The first-order chi connectivity index (χ1) is 9.72. The van der Waals surface area contributed by atoms with Gasteiger partial charge in [-0.2, -0.15) is 0 Å². The van der Waals surface area contributed by atoms with Crippen molar-refractivity contribution in [3.63, 3.8) is 0 Å². The van der Waals surface area contributed by atoms with E-state index in [0.29, 0.717) is 0 Å². The SMILES string of the molecule is O=C=Nc1noc2cccc(-c3c(F)cccc3F)c12. The van der Waals surface area contributed by atoms with Crippen molar-refractivity contribution in [2.24, 2.45) is 4.99 Å². The second-order valence-corrected chi connectivity index (χ2v) is 3.98. The van der Waals surface area contributed by atoms with Crippen molar-refractivity contribution >= 4 is 22.9 Å². The van der Waals surface area contributed by atoms with Crippen LogP contribution in [-0.4, -0.2) is 11.2 Å². The molecule has 2 aromatic carbocycles. The third-order valence-electron chi connectivity index (χ3n) is 2.86. The summed E-state index contributed by atoms with van der Waals surface area (Å²) >= 11 is 0. The van der Waals surface area contributed by atoms with Crippen molar-refractivity contribution in [2.75, 3.05) is 0 Å². The van der Waals surface area contributed by atoms with Gasteiger partial charge in [-0.3, -0.25) is 0 Å². The highest BCUT2D eigenvalue weighted by atomic mass is 19.1. The number of carbonyl (C=O) groups excluding carboxylic acids is 1. The Balaban J connectivity index is 2.42. The van der Waals surface area contributed by atoms with Gasteiger partial charge in [0.15, 0.2) is 5.58 Å². The average Bonchev–Trinajstić information content (AvgIpc) is 2.83. The van der Waals surface area contributed by atoms with E-state index in [2.05, 4.69) is 10.1 Å². The third kappa shape index (κ3) is 1.79. The number of fused-ring (bicyclic) bond motifs is 1. The van der Waals surface area contributed by atoms with Crippen molar-refractivity contribution in [3.05, 3.63) is 48.0 Å². The molecule has 0 saturated heterocycles. The number of isocyanates is 1. The predicted molar refractivity (Wildman–Crippen MR) is 67.1 cm³/mol. The molecule has 0 aliphatic rings. The first-order valence-corrected chi connectivity index (χ1v) is 5.63. The minimum Gasteiger partial charge on any atom is -0.354 e. The van der Waals surface area contributed by atoms with Crippen LogP contribution < -0.4 is 0 Å². The van der Waals surface area contributed by atoms with Crippen LogP contribution >= 0.6 is 0 Å². The molecule has 0 spiro atoms. The van der Waals surface area contributed by atoms with Gasteiger partial charge in [-0.1, -0.05) is 23.4 Å². The molecule has 0 unspecified atom stereocenters. The molecule has 1 aromatic heterocycles. The molecule has 0 saturated carbocycles. The van der Waals surface area contributed by atoms with Gasteiger partial charge in [-0.15, -0.1) is 4.99 Å². The molecular formula is C14H6F2N2O2. The Kier molecular flexibility index (Phi) is 2.85. The zero-order valence-corrected chi connectivity index (χ0v) is 9.93. The fourth-order valence-electron chi connectivity index (χ4n) is 2.06. The molecule has 20 heavy (non-hydrogen) atoms. The summed E-state index contributed by atoms with van der Waals surface area (Å²) in [7, 11) is 0. The Hall–Kier alpha value is -2.85. The number of halogens is 2. The molecule has 0 aliphatic carbocycles. The summed E-state index contributed by atoms with van der Waals surface area (Å²) in [6.45, 7) is 0. The Morgan fingerprint density at radius 2 is 1.80 bits per heavy atom. The number of nitrogens with zero attached hydrogens (tertiary/aromatic N) is 2. The Labute approximate surface area is 111 Å². The van der Waals surface area contributed by atoms with E-state index in [0.717, 1.165) is 12.1 Å². The number of rotatable bonds is 2. The van der Waals surface area contributed by atoms with E-state index in [1.54, 1.807) is 12.1 Å². The fraction of sp³-hybridized carbons (Fsp3) is 0. The van der Waals surface area contributed by atoms with Gasteiger partial charge in [0.2, 0.25) is 11.9 Å². The van der Waals surface area contributed by atoms with Gasteiger partial charge < -0.3 is 4.52 Å². The maximum atomic E-state index is 13.9.